The maximum atomic E-state index is 2.42. The number of hydrogen-bond donors (Lipinski definition) is 0. The van der Waals surface area contributed by atoms with E-state index in [2.05, 4.69) is 228 Å². The molecule has 0 saturated carbocycles. The fraction of sp³-hybridized carbons (Fsp3) is 0. The first-order valence-corrected chi connectivity index (χ1v) is 19.3. The van der Waals surface area contributed by atoms with Gasteiger partial charge in [-0.15, -0.1) is 0 Å². The van der Waals surface area contributed by atoms with Crippen LogP contribution in [0, 0.1) is 0 Å². The largest absolute Gasteiger partial charge is 0.310 e. The summed E-state index contributed by atoms with van der Waals surface area (Å²) >= 11 is 0. The topological polar surface area (TPSA) is 8.17 Å². The van der Waals surface area contributed by atoms with E-state index in [-0.39, 0.29) is 0 Å². The van der Waals surface area contributed by atoms with Gasteiger partial charge >= 0.3 is 0 Å². The molecule has 0 radical (unpaired) electrons. The minimum atomic E-state index is 1.10. The minimum absolute atomic E-state index is 1.10. The standard InChI is InChI=1S/C54H36N2/c1-3-14-37(15-4-1)38-28-32-43(33-29-38)55(51-24-13-25-52-54(51)48-22-11-12-23-50(48)56(52)42-17-5-2-6-18-42)44-34-30-40(31-35-44)49-36-41-27-26-39-16-7-8-19-45(39)53(41)47-21-10-9-20-46(47)49/h1-36H. The summed E-state index contributed by atoms with van der Waals surface area (Å²) in [5, 5.41) is 10.1. The van der Waals surface area contributed by atoms with Crippen molar-refractivity contribution in [3.63, 3.8) is 0 Å². The number of aromatic nitrogens is 1. The van der Waals surface area contributed by atoms with Crippen LogP contribution in [0.25, 0.3) is 82.1 Å². The lowest BCUT2D eigenvalue weighted by Crippen LogP contribution is -2.10. The lowest BCUT2D eigenvalue weighted by Gasteiger charge is -2.27. The fourth-order valence-corrected chi connectivity index (χ4v) is 8.81. The number of fused-ring (bicyclic) bond motifs is 8. The van der Waals surface area contributed by atoms with E-state index in [4.69, 9.17) is 0 Å². The smallest absolute Gasteiger partial charge is 0.0562 e. The third-order valence-electron chi connectivity index (χ3n) is 11.3. The van der Waals surface area contributed by atoms with E-state index < -0.39 is 0 Å². The molecule has 1 heterocycles. The quantitative estimate of drug-likeness (QED) is 0.156. The predicted octanol–water partition coefficient (Wildman–Crippen LogP) is 15.0. The summed E-state index contributed by atoms with van der Waals surface area (Å²) in [5.74, 6) is 0. The van der Waals surface area contributed by atoms with E-state index in [1.807, 2.05) is 0 Å². The summed E-state index contributed by atoms with van der Waals surface area (Å²) in [6, 6.07) is 79.4. The highest BCUT2D eigenvalue weighted by molar-refractivity contribution is 6.23. The van der Waals surface area contributed by atoms with E-state index in [9.17, 15) is 0 Å². The van der Waals surface area contributed by atoms with Crippen molar-refractivity contribution < 1.29 is 0 Å². The summed E-state index contributed by atoms with van der Waals surface area (Å²) in [6.45, 7) is 0. The third kappa shape index (κ3) is 5.19. The van der Waals surface area contributed by atoms with Crippen molar-refractivity contribution in [1.82, 2.24) is 4.57 Å². The zero-order valence-corrected chi connectivity index (χ0v) is 30.7. The zero-order chi connectivity index (χ0) is 37.0. The first-order valence-electron chi connectivity index (χ1n) is 19.3. The van der Waals surface area contributed by atoms with Crippen LogP contribution in [0.3, 0.4) is 0 Å². The van der Waals surface area contributed by atoms with Crippen molar-refractivity contribution in [3.05, 3.63) is 218 Å². The maximum Gasteiger partial charge on any atom is 0.0562 e. The van der Waals surface area contributed by atoms with Crippen molar-refractivity contribution >= 4 is 71.2 Å². The Morgan fingerprint density at radius 3 is 1.62 bits per heavy atom. The van der Waals surface area contributed by atoms with Gasteiger partial charge in [-0.05, 0) is 115 Å². The molecule has 0 spiro atoms. The summed E-state index contributed by atoms with van der Waals surface area (Å²) in [4.78, 5) is 2.42. The van der Waals surface area contributed by atoms with Crippen molar-refractivity contribution in [3.8, 4) is 27.9 Å². The monoisotopic (exact) mass is 712 g/mol. The van der Waals surface area contributed by atoms with E-state index in [1.54, 1.807) is 0 Å². The molecule has 262 valence electrons. The Hall–Kier alpha value is -7.42. The van der Waals surface area contributed by atoms with Gasteiger partial charge in [0.15, 0.2) is 0 Å². The molecule has 2 nitrogen and oxygen atoms in total. The van der Waals surface area contributed by atoms with Crippen LogP contribution < -0.4 is 4.90 Å². The van der Waals surface area contributed by atoms with E-state index in [1.165, 1.54) is 76.4 Å². The Morgan fingerprint density at radius 1 is 0.321 bits per heavy atom. The maximum absolute atomic E-state index is 2.42. The molecular weight excluding hydrogens is 677 g/mol. The van der Waals surface area contributed by atoms with Crippen LogP contribution in [0.15, 0.2) is 218 Å². The van der Waals surface area contributed by atoms with Crippen LogP contribution >= 0.6 is 0 Å². The molecule has 1 aromatic heterocycles. The fourth-order valence-electron chi connectivity index (χ4n) is 8.81. The second-order valence-corrected chi connectivity index (χ2v) is 14.5. The van der Waals surface area contributed by atoms with Crippen LogP contribution in [0.5, 0.6) is 0 Å². The van der Waals surface area contributed by atoms with Crippen molar-refractivity contribution in [2.45, 2.75) is 0 Å². The molecule has 0 saturated heterocycles. The summed E-state index contributed by atoms with van der Waals surface area (Å²) in [6.07, 6.45) is 0. The SMILES string of the molecule is c1ccc(-c2ccc(N(c3ccc(-c4cc5ccc6ccccc6c5c5ccccc45)cc3)c3cccc4c3c3ccccc3n4-c3ccccc3)cc2)cc1. The van der Waals surface area contributed by atoms with Crippen LogP contribution in [0.4, 0.5) is 17.1 Å². The lowest BCUT2D eigenvalue weighted by atomic mass is 9.90. The van der Waals surface area contributed by atoms with Gasteiger partial charge in [-0.25, -0.2) is 0 Å². The third-order valence-corrected chi connectivity index (χ3v) is 11.3. The average molecular weight is 713 g/mol. The molecule has 11 aromatic rings. The molecule has 56 heavy (non-hydrogen) atoms. The predicted molar refractivity (Wildman–Crippen MR) is 239 cm³/mol. The van der Waals surface area contributed by atoms with Crippen LogP contribution in [0.2, 0.25) is 0 Å². The number of para-hydroxylation sites is 2. The second-order valence-electron chi connectivity index (χ2n) is 14.5. The van der Waals surface area contributed by atoms with Gasteiger partial charge in [0, 0.05) is 27.8 Å². The highest BCUT2D eigenvalue weighted by Gasteiger charge is 2.21. The molecule has 0 aliphatic rings. The van der Waals surface area contributed by atoms with Gasteiger partial charge in [-0.1, -0.05) is 158 Å². The number of nitrogens with zero attached hydrogens (tertiary/aromatic N) is 2. The Morgan fingerprint density at radius 2 is 0.875 bits per heavy atom. The Bertz CT molecular complexity index is 3210. The van der Waals surface area contributed by atoms with Gasteiger partial charge in [0.2, 0.25) is 0 Å². The minimum Gasteiger partial charge on any atom is -0.310 e. The zero-order valence-electron chi connectivity index (χ0n) is 30.7. The number of benzene rings is 10. The molecule has 10 aromatic carbocycles. The van der Waals surface area contributed by atoms with E-state index in [0.717, 1.165) is 22.7 Å². The molecule has 0 aliphatic heterocycles. The van der Waals surface area contributed by atoms with Gasteiger partial charge in [-0.3, -0.25) is 0 Å². The summed E-state index contributed by atoms with van der Waals surface area (Å²) < 4.78 is 2.39. The first kappa shape index (κ1) is 32.0. The van der Waals surface area contributed by atoms with Crippen molar-refractivity contribution in [1.29, 1.82) is 0 Å². The molecule has 11 rings (SSSR count). The lowest BCUT2D eigenvalue weighted by molar-refractivity contribution is 1.18. The molecule has 0 amide bonds. The van der Waals surface area contributed by atoms with Crippen LogP contribution in [-0.4, -0.2) is 4.57 Å². The van der Waals surface area contributed by atoms with Gasteiger partial charge in [0.1, 0.15) is 0 Å². The Balaban J connectivity index is 1.11. The Kier molecular flexibility index (Phi) is 7.53. The van der Waals surface area contributed by atoms with E-state index in [0.29, 0.717) is 0 Å². The molecular formula is C54H36N2. The second kappa shape index (κ2) is 13.2. The normalized spacial score (nSPS) is 11.6. The molecule has 0 unspecified atom stereocenters. The molecule has 0 atom stereocenters. The number of anilines is 3. The highest BCUT2D eigenvalue weighted by Crippen LogP contribution is 2.45. The Labute approximate surface area is 325 Å². The first-order chi connectivity index (χ1) is 27.8. The molecule has 0 N–H and O–H groups in total. The van der Waals surface area contributed by atoms with E-state index >= 15 is 0 Å². The van der Waals surface area contributed by atoms with Gasteiger partial charge in [-0.2, -0.15) is 0 Å². The number of hydrogen-bond acceptors (Lipinski definition) is 1. The number of rotatable bonds is 6. The van der Waals surface area contributed by atoms with Gasteiger partial charge < -0.3 is 9.47 Å². The molecule has 0 fully saturated rings. The summed E-state index contributed by atoms with van der Waals surface area (Å²) in [7, 11) is 0. The molecule has 2 heteroatoms. The average Bonchev–Trinajstić information content (AvgIpc) is 3.62. The van der Waals surface area contributed by atoms with Crippen LogP contribution in [-0.2, 0) is 0 Å². The van der Waals surface area contributed by atoms with Crippen molar-refractivity contribution in [2.24, 2.45) is 0 Å². The van der Waals surface area contributed by atoms with Gasteiger partial charge in [0.05, 0.1) is 16.7 Å². The highest BCUT2D eigenvalue weighted by atomic mass is 15.1. The van der Waals surface area contributed by atoms with Gasteiger partial charge in [0.25, 0.3) is 0 Å². The summed E-state index contributed by atoms with van der Waals surface area (Å²) in [5.41, 5.74) is 11.7. The van der Waals surface area contributed by atoms with Crippen LogP contribution in [0.1, 0.15) is 0 Å². The molecule has 0 aliphatic carbocycles. The van der Waals surface area contributed by atoms with Crippen molar-refractivity contribution in [2.75, 3.05) is 4.90 Å². The molecule has 0 bridgehead atoms.